The van der Waals surface area contributed by atoms with Gasteiger partial charge in [-0.1, -0.05) is 11.8 Å². The molecule has 1 rings (SSSR count). The second-order valence-corrected chi connectivity index (χ2v) is 3.56. The van der Waals surface area contributed by atoms with Crippen LogP contribution >= 0.6 is 23.4 Å². The number of thioether (sulfide) groups is 1. The van der Waals surface area contributed by atoms with Gasteiger partial charge in [-0.3, -0.25) is 10.1 Å². The molecule has 1 fully saturated rings. The van der Waals surface area contributed by atoms with Gasteiger partial charge in [-0.05, 0) is 11.6 Å². The smallest absolute Gasteiger partial charge is 0.362 e. The van der Waals surface area contributed by atoms with Crippen LogP contribution in [0.4, 0.5) is 0 Å². The summed E-state index contributed by atoms with van der Waals surface area (Å²) in [5.41, 5.74) is 0. The summed E-state index contributed by atoms with van der Waals surface area (Å²) in [5.74, 6) is 0.871. The van der Waals surface area contributed by atoms with Crippen LogP contribution in [0.2, 0.25) is 0 Å². The maximum atomic E-state index is 10.2. The molecule has 4 nitrogen and oxygen atoms in total. The first-order chi connectivity index (χ1) is 5.13. The molecule has 0 spiro atoms. The van der Waals surface area contributed by atoms with Crippen LogP contribution < -0.4 is 0 Å². The third-order valence-corrected chi connectivity index (χ3v) is 2.94. The van der Waals surface area contributed by atoms with Crippen molar-refractivity contribution in [1.29, 1.82) is 0 Å². The molecule has 11 heavy (non-hydrogen) atoms. The minimum absolute atomic E-state index is 0.269. The van der Waals surface area contributed by atoms with Crippen LogP contribution in [0.25, 0.3) is 0 Å². The van der Waals surface area contributed by atoms with E-state index in [1.165, 1.54) is 11.8 Å². The first-order valence-corrected chi connectivity index (χ1v) is 4.37. The van der Waals surface area contributed by atoms with Gasteiger partial charge in [0.2, 0.25) is 0 Å². The lowest BCUT2D eigenvalue weighted by molar-refractivity contribution is -0.413. The summed E-state index contributed by atoms with van der Waals surface area (Å²) < 4.78 is 0. The highest BCUT2D eigenvalue weighted by atomic mass is 35.5. The fourth-order valence-corrected chi connectivity index (χ4v) is 2.16. The van der Waals surface area contributed by atoms with E-state index in [0.29, 0.717) is 5.03 Å². The second kappa shape index (κ2) is 3.32. The van der Waals surface area contributed by atoms with Crippen molar-refractivity contribution in [3.63, 3.8) is 0 Å². The van der Waals surface area contributed by atoms with Crippen molar-refractivity contribution in [3.8, 4) is 0 Å². The molecule has 0 saturated carbocycles. The van der Waals surface area contributed by atoms with Crippen molar-refractivity contribution in [1.82, 2.24) is 4.90 Å². The van der Waals surface area contributed by atoms with E-state index >= 15 is 0 Å². The number of hydrogen-bond donors (Lipinski definition) is 0. The van der Waals surface area contributed by atoms with Gasteiger partial charge in [0, 0.05) is 19.3 Å². The Balaban J connectivity index is 2.85. The SMILES string of the molecule is CN1CCS/C1=C(\Cl)[N+](=O)[O-]. The number of rotatable bonds is 1. The molecule has 0 radical (unpaired) electrons. The molecule has 6 heteroatoms. The van der Waals surface area contributed by atoms with Crippen molar-refractivity contribution in [2.24, 2.45) is 0 Å². The van der Waals surface area contributed by atoms with Crippen LogP contribution in [0.3, 0.4) is 0 Å². The first kappa shape index (κ1) is 8.67. The molecule has 0 N–H and O–H groups in total. The number of nitro groups is 1. The maximum Gasteiger partial charge on any atom is 0.367 e. The Kier molecular flexibility index (Phi) is 2.62. The Morgan fingerprint density at radius 2 is 2.55 bits per heavy atom. The molecule has 1 saturated heterocycles. The highest BCUT2D eigenvalue weighted by Crippen LogP contribution is 2.30. The van der Waals surface area contributed by atoms with Gasteiger partial charge in [0.15, 0.2) is 5.03 Å². The van der Waals surface area contributed by atoms with E-state index < -0.39 is 4.92 Å². The molecule has 0 aromatic heterocycles. The number of nitrogens with zero attached hydrogens (tertiary/aromatic N) is 2. The molecule has 1 aliphatic heterocycles. The van der Waals surface area contributed by atoms with Gasteiger partial charge >= 0.3 is 5.16 Å². The molecule has 1 aliphatic rings. The van der Waals surface area contributed by atoms with Gasteiger partial charge in [-0.2, -0.15) is 0 Å². The van der Waals surface area contributed by atoms with E-state index in [-0.39, 0.29) is 5.16 Å². The van der Waals surface area contributed by atoms with Gasteiger partial charge in [0.25, 0.3) is 0 Å². The largest absolute Gasteiger partial charge is 0.367 e. The number of halogens is 1. The summed E-state index contributed by atoms with van der Waals surface area (Å²) in [6.07, 6.45) is 0. The summed E-state index contributed by atoms with van der Waals surface area (Å²) >= 11 is 6.85. The topological polar surface area (TPSA) is 46.4 Å². The van der Waals surface area contributed by atoms with Crippen molar-refractivity contribution in [3.05, 3.63) is 20.3 Å². The molecule has 0 amide bonds. The Hall–Kier alpha value is -0.420. The highest BCUT2D eigenvalue weighted by Gasteiger charge is 2.24. The van der Waals surface area contributed by atoms with Crippen LogP contribution in [0.15, 0.2) is 10.2 Å². The minimum Gasteiger partial charge on any atom is -0.362 e. The van der Waals surface area contributed by atoms with E-state index in [9.17, 15) is 10.1 Å². The number of hydrogen-bond acceptors (Lipinski definition) is 4. The maximum absolute atomic E-state index is 10.2. The second-order valence-electron chi connectivity index (χ2n) is 2.12. The Morgan fingerprint density at radius 3 is 2.91 bits per heavy atom. The van der Waals surface area contributed by atoms with Crippen molar-refractivity contribution in [2.75, 3.05) is 19.3 Å². The van der Waals surface area contributed by atoms with E-state index in [1.807, 2.05) is 0 Å². The normalized spacial score (nSPS) is 22.2. The van der Waals surface area contributed by atoms with E-state index in [1.54, 1.807) is 11.9 Å². The van der Waals surface area contributed by atoms with Crippen LogP contribution in [-0.4, -0.2) is 29.2 Å². The Morgan fingerprint density at radius 1 is 1.91 bits per heavy atom. The van der Waals surface area contributed by atoms with Gasteiger partial charge < -0.3 is 4.90 Å². The van der Waals surface area contributed by atoms with Crippen molar-refractivity contribution < 1.29 is 4.92 Å². The predicted octanol–water partition coefficient (Wildman–Crippen LogP) is 1.31. The molecule has 62 valence electrons. The van der Waals surface area contributed by atoms with Crippen LogP contribution in [0, 0.1) is 10.1 Å². The van der Waals surface area contributed by atoms with Crippen molar-refractivity contribution in [2.45, 2.75) is 0 Å². The summed E-state index contributed by atoms with van der Waals surface area (Å²) in [4.78, 5) is 11.4. The average molecular weight is 195 g/mol. The van der Waals surface area contributed by atoms with Gasteiger partial charge in [-0.15, -0.1) is 0 Å². The van der Waals surface area contributed by atoms with E-state index in [2.05, 4.69) is 0 Å². The monoisotopic (exact) mass is 194 g/mol. The quantitative estimate of drug-likeness (QED) is 0.359. The zero-order valence-corrected chi connectivity index (χ0v) is 7.48. The minimum atomic E-state index is -0.564. The molecule has 0 aromatic rings. The molecule has 0 unspecified atom stereocenters. The highest BCUT2D eigenvalue weighted by molar-refractivity contribution is 8.03. The third-order valence-electron chi connectivity index (χ3n) is 1.35. The van der Waals surface area contributed by atoms with Crippen LogP contribution in [-0.2, 0) is 0 Å². The predicted molar refractivity (Wildman–Crippen MR) is 45.0 cm³/mol. The van der Waals surface area contributed by atoms with Gasteiger partial charge in [0.1, 0.15) is 0 Å². The summed E-state index contributed by atoms with van der Waals surface area (Å²) in [6.45, 7) is 0.823. The Labute approximate surface area is 73.3 Å². The van der Waals surface area contributed by atoms with E-state index in [0.717, 1.165) is 12.3 Å². The summed E-state index contributed by atoms with van der Waals surface area (Å²) in [5, 5.41) is 10.5. The fourth-order valence-electron chi connectivity index (χ4n) is 0.786. The lowest BCUT2D eigenvalue weighted by Gasteiger charge is -2.08. The molecular weight excluding hydrogens is 188 g/mol. The van der Waals surface area contributed by atoms with Crippen LogP contribution in [0.5, 0.6) is 0 Å². The Bertz CT molecular complexity index is 219. The molecule has 1 heterocycles. The van der Waals surface area contributed by atoms with Crippen LogP contribution in [0.1, 0.15) is 0 Å². The van der Waals surface area contributed by atoms with Crippen molar-refractivity contribution >= 4 is 23.4 Å². The lowest BCUT2D eigenvalue weighted by atomic mass is 10.6. The summed E-state index contributed by atoms with van der Waals surface area (Å²) in [7, 11) is 1.79. The zero-order valence-electron chi connectivity index (χ0n) is 5.91. The molecule has 0 atom stereocenters. The first-order valence-electron chi connectivity index (χ1n) is 3.01. The molecular formula is C5H7ClN2O2S. The fraction of sp³-hybridized carbons (Fsp3) is 0.600. The van der Waals surface area contributed by atoms with Gasteiger partial charge in [0.05, 0.1) is 4.92 Å². The molecule has 0 bridgehead atoms. The van der Waals surface area contributed by atoms with Gasteiger partial charge in [-0.25, -0.2) is 0 Å². The lowest BCUT2D eigenvalue weighted by Crippen LogP contribution is -2.13. The van der Waals surface area contributed by atoms with E-state index in [4.69, 9.17) is 11.6 Å². The summed E-state index contributed by atoms with van der Waals surface area (Å²) in [6, 6.07) is 0. The average Bonchev–Trinajstić information content (AvgIpc) is 2.33. The third kappa shape index (κ3) is 1.78. The molecule has 0 aliphatic carbocycles. The standard InChI is InChI=1S/C5H7ClN2O2S/c1-7-2-3-11-5(7)4(6)8(9)10/h2-3H2,1H3/b5-4+. The molecule has 0 aromatic carbocycles. The zero-order chi connectivity index (χ0) is 8.43.